The summed E-state index contributed by atoms with van der Waals surface area (Å²) in [5.41, 5.74) is 4.77. The van der Waals surface area contributed by atoms with Gasteiger partial charge >= 0.3 is 0 Å². The number of nitrogens with one attached hydrogen (secondary N) is 2. The van der Waals surface area contributed by atoms with E-state index in [2.05, 4.69) is 31.8 Å². The fourth-order valence-corrected chi connectivity index (χ4v) is 7.00. The molecule has 12 heteroatoms. The first-order valence-electron chi connectivity index (χ1n) is 12.3. The first-order chi connectivity index (χ1) is 19.4. The first-order valence-corrected chi connectivity index (χ1v) is 15.2. The quantitative estimate of drug-likeness (QED) is 0.183. The molecule has 0 spiro atoms. The number of amides is 2. The lowest BCUT2D eigenvalue weighted by atomic mass is 10.2. The fourth-order valence-electron chi connectivity index (χ4n) is 3.57. The van der Waals surface area contributed by atoms with E-state index < -0.39 is 17.6 Å². The maximum atomic E-state index is 13.1. The van der Waals surface area contributed by atoms with E-state index in [1.54, 1.807) is 12.1 Å². The molecule has 1 saturated heterocycles. The van der Waals surface area contributed by atoms with Gasteiger partial charge in [0, 0.05) is 17.2 Å². The number of carbonyl (C=O) groups excluding carboxylic acids is 2. The van der Waals surface area contributed by atoms with Gasteiger partial charge in [0.1, 0.15) is 11.6 Å². The molecular weight excluding hydrogens is 621 g/mol. The molecule has 0 bridgehead atoms. The fraction of sp³-hybridized carbons (Fsp3) is 0.250. The Hall–Kier alpha value is -3.22. The molecule has 4 rings (SSSR count). The molecule has 1 aliphatic rings. The van der Waals surface area contributed by atoms with E-state index in [-0.39, 0.29) is 13.2 Å². The van der Waals surface area contributed by atoms with Crippen LogP contribution in [0.4, 0.5) is 10.1 Å². The van der Waals surface area contributed by atoms with Crippen LogP contribution in [-0.2, 0) is 9.59 Å². The monoisotopic (exact) mass is 647 g/mol. The van der Waals surface area contributed by atoms with E-state index in [1.165, 1.54) is 36.0 Å². The minimum Gasteiger partial charge on any atom is -0.490 e. The lowest BCUT2D eigenvalue weighted by Crippen LogP contribution is -2.24. The second kappa shape index (κ2) is 15.0. The van der Waals surface area contributed by atoms with Crippen molar-refractivity contribution in [1.29, 1.82) is 0 Å². The number of nitrogens with zero attached hydrogens (tertiary/aromatic N) is 1. The maximum Gasteiger partial charge on any atom is 0.277 e. The Morgan fingerprint density at radius 3 is 2.40 bits per heavy atom. The second-order valence-corrected chi connectivity index (χ2v) is 11.9. The zero-order valence-corrected chi connectivity index (χ0v) is 24.7. The number of anilines is 1. The van der Waals surface area contributed by atoms with Gasteiger partial charge in [0.05, 0.1) is 21.9 Å². The molecule has 210 valence electrons. The highest BCUT2D eigenvalue weighted by Crippen LogP contribution is 2.45. The number of carbonyl (C=O) groups is 2. The lowest BCUT2D eigenvalue weighted by molar-refractivity contribution is -0.123. The van der Waals surface area contributed by atoms with Gasteiger partial charge in [0.15, 0.2) is 24.7 Å². The van der Waals surface area contributed by atoms with Crippen molar-refractivity contribution in [3.8, 4) is 17.2 Å². The number of rotatable bonds is 12. The van der Waals surface area contributed by atoms with Crippen LogP contribution in [0.15, 0.2) is 70.2 Å². The van der Waals surface area contributed by atoms with Crippen molar-refractivity contribution >= 4 is 63.2 Å². The first kappa shape index (κ1) is 29.8. The molecule has 1 fully saturated rings. The summed E-state index contributed by atoms with van der Waals surface area (Å²) in [6.07, 6.45) is 1.46. The SMILES string of the molecule is CCOc1cc(/C=N\NC(=O)COc2ccc(C3SCCS3)cc2)cc(Br)c1OCC(=O)Nc1ccc(F)cc1. The molecule has 0 saturated carbocycles. The highest BCUT2D eigenvalue weighted by atomic mass is 79.9. The van der Waals surface area contributed by atoms with Crippen molar-refractivity contribution in [3.05, 3.63) is 82.1 Å². The van der Waals surface area contributed by atoms with Crippen molar-refractivity contribution < 1.29 is 28.2 Å². The molecule has 1 heterocycles. The number of hydrogen-bond donors (Lipinski definition) is 2. The Kier molecular flexibility index (Phi) is 11.1. The van der Waals surface area contributed by atoms with Crippen molar-refractivity contribution in [2.24, 2.45) is 5.10 Å². The second-order valence-electron chi connectivity index (χ2n) is 8.33. The lowest BCUT2D eigenvalue weighted by Gasteiger charge is -2.14. The Bertz CT molecular complexity index is 1340. The molecule has 3 aromatic rings. The van der Waals surface area contributed by atoms with Crippen molar-refractivity contribution in [3.63, 3.8) is 0 Å². The third kappa shape index (κ3) is 8.90. The summed E-state index contributed by atoms with van der Waals surface area (Å²) in [5.74, 6) is 2.45. The smallest absolute Gasteiger partial charge is 0.277 e. The largest absolute Gasteiger partial charge is 0.490 e. The third-order valence-electron chi connectivity index (χ3n) is 5.35. The van der Waals surface area contributed by atoms with Crippen molar-refractivity contribution in [2.75, 3.05) is 36.6 Å². The Morgan fingerprint density at radius 2 is 1.70 bits per heavy atom. The average Bonchev–Trinajstić information content (AvgIpc) is 3.48. The van der Waals surface area contributed by atoms with Gasteiger partial charge in [-0.15, -0.1) is 23.5 Å². The maximum absolute atomic E-state index is 13.1. The third-order valence-corrected chi connectivity index (χ3v) is 9.05. The number of ether oxygens (including phenoxy) is 3. The molecule has 0 unspecified atom stereocenters. The summed E-state index contributed by atoms with van der Waals surface area (Å²) in [6.45, 7) is 1.71. The summed E-state index contributed by atoms with van der Waals surface area (Å²) in [5, 5.41) is 6.64. The van der Waals surface area contributed by atoms with E-state index in [0.717, 1.165) is 11.5 Å². The number of thioether (sulfide) groups is 2. The molecule has 0 atom stereocenters. The van der Waals surface area contributed by atoms with Crippen LogP contribution in [0.1, 0.15) is 22.6 Å². The van der Waals surface area contributed by atoms with Gasteiger partial charge < -0.3 is 19.5 Å². The van der Waals surface area contributed by atoms with Gasteiger partial charge in [-0.25, -0.2) is 9.82 Å². The van der Waals surface area contributed by atoms with Crippen LogP contribution < -0.4 is 25.0 Å². The van der Waals surface area contributed by atoms with E-state index >= 15 is 0 Å². The van der Waals surface area contributed by atoms with E-state index in [0.29, 0.717) is 44.2 Å². The van der Waals surface area contributed by atoms with Gasteiger partial charge in [0.2, 0.25) is 0 Å². The van der Waals surface area contributed by atoms with Gasteiger partial charge in [0.25, 0.3) is 11.8 Å². The van der Waals surface area contributed by atoms with E-state index in [1.807, 2.05) is 54.7 Å². The molecular formula is C28H27BrFN3O5S2. The Balaban J connectivity index is 1.28. The van der Waals surface area contributed by atoms with E-state index in [9.17, 15) is 14.0 Å². The number of hydrogen-bond acceptors (Lipinski definition) is 8. The predicted octanol–water partition coefficient (Wildman–Crippen LogP) is 6.01. The molecule has 2 N–H and O–H groups in total. The topological polar surface area (TPSA) is 98.2 Å². The van der Waals surface area contributed by atoms with Crippen LogP contribution in [0.2, 0.25) is 0 Å². The molecule has 0 radical (unpaired) electrons. The minimum atomic E-state index is -0.417. The summed E-state index contributed by atoms with van der Waals surface area (Å²) >= 11 is 7.31. The normalized spacial score (nSPS) is 13.3. The van der Waals surface area contributed by atoms with Crippen molar-refractivity contribution in [1.82, 2.24) is 5.43 Å². The van der Waals surface area contributed by atoms with Crippen LogP contribution in [0.5, 0.6) is 17.2 Å². The summed E-state index contributed by atoms with van der Waals surface area (Å²) < 4.78 is 31.0. The highest BCUT2D eigenvalue weighted by Gasteiger charge is 2.18. The van der Waals surface area contributed by atoms with Crippen LogP contribution in [0, 0.1) is 5.82 Å². The molecule has 8 nitrogen and oxygen atoms in total. The minimum absolute atomic E-state index is 0.176. The Labute approximate surface area is 248 Å². The van der Waals surface area contributed by atoms with Gasteiger partial charge in [-0.1, -0.05) is 12.1 Å². The van der Waals surface area contributed by atoms with Crippen LogP contribution >= 0.6 is 39.5 Å². The Morgan fingerprint density at radius 1 is 1.00 bits per heavy atom. The molecule has 1 aliphatic heterocycles. The molecule has 2 amide bonds. The molecule has 3 aromatic carbocycles. The average molecular weight is 649 g/mol. The zero-order valence-electron chi connectivity index (χ0n) is 21.5. The van der Waals surface area contributed by atoms with Crippen LogP contribution in [-0.4, -0.2) is 49.4 Å². The van der Waals surface area contributed by atoms with Gasteiger partial charge in [-0.3, -0.25) is 9.59 Å². The highest BCUT2D eigenvalue weighted by molar-refractivity contribution is 9.10. The summed E-state index contributed by atoms with van der Waals surface area (Å²) in [6, 6.07) is 16.6. The molecule has 0 aromatic heterocycles. The molecule has 40 heavy (non-hydrogen) atoms. The number of hydrazone groups is 1. The van der Waals surface area contributed by atoms with E-state index in [4.69, 9.17) is 14.2 Å². The van der Waals surface area contributed by atoms with Crippen LogP contribution in [0.3, 0.4) is 0 Å². The van der Waals surface area contributed by atoms with Gasteiger partial charge in [-0.2, -0.15) is 5.10 Å². The summed E-state index contributed by atoms with van der Waals surface area (Å²) in [4.78, 5) is 24.5. The zero-order chi connectivity index (χ0) is 28.3. The summed E-state index contributed by atoms with van der Waals surface area (Å²) in [7, 11) is 0. The van der Waals surface area contributed by atoms with Crippen molar-refractivity contribution in [2.45, 2.75) is 11.5 Å². The standard InChI is InChI=1S/C28H27BrFN3O5S2/c1-2-36-24-14-18(13-23(29)27(24)38-16-25(34)32-21-7-5-20(30)6-8-21)15-31-33-26(35)17-37-22-9-3-19(4-10-22)28-39-11-12-40-28/h3-10,13-15,28H,2,11-12,16-17H2,1H3,(H,32,34)(H,33,35)/b31-15-. The number of benzene rings is 3. The molecule has 0 aliphatic carbocycles. The van der Waals surface area contributed by atoms with Crippen LogP contribution in [0.25, 0.3) is 0 Å². The number of halogens is 2. The van der Waals surface area contributed by atoms with Gasteiger partial charge in [-0.05, 0) is 82.5 Å². The predicted molar refractivity (Wildman–Crippen MR) is 161 cm³/mol.